The van der Waals surface area contributed by atoms with Gasteiger partial charge in [0, 0.05) is 27.6 Å². The molecule has 4 rings (SSSR count). The molecular formula is C25H18Cl2N2O3S. The first kappa shape index (κ1) is 23.2. The Balaban J connectivity index is 1.64. The highest BCUT2D eigenvalue weighted by Gasteiger charge is 2.27. The van der Waals surface area contributed by atoms with Gasteiger partial charge < -0.3 is 15.0 Å². The Bertz CT molecular complexity index is 1270. The van der Waals surface area contributed by atoms with Crippen LogP contribution in [0, 0.1) is 12.3 Å². The summed E-state index contributed by atoms with van der Waals surface area (Å²) in [7, 11) is 0. The number of fused-ring (bicyclic) bond motifs is 2. The number of terminal acetylenes is 1. The molecule has 166 valence electrons. The monoisotopic (exact) mass is 496 g/mol. The molecule has 0 saturated heterocycles. The minimum atomic E-state index is -0.317. The van der Waals surface area contributed by atoms with Crippen LogP contribution >= 0.6 is 35.0 Å². The number of nitrogens with zero attached hydrogens (tertiary/aromatic N) is 1. The maximum absolute atomic E-state index is 13.3. The molecule has 0 atom stereocenters. The van der Waals surface area contributed by atoms with E-state index in [-0.39, 0.29) is 18.4 Å². The molecular weight excluding hydrogens is 479 g/mol. The van der Waals surface area contributed by atoms with Crippen molar-refractivity contribution in [1.29, 1.82) is 0 Å². The van der Waals surface area contributed by atoms with Crippen LogP contribution in [0.5, 0.6) is 0 Å². The maximum atomic E-state index is 13.3. The van der Waals surface area contributed by atoms with Crippen molar-refractivity contribution in [2.45, 2.75) is 9.79 Å². The first-order valence-electron chi connectivity index (χ1n) is 9.98. The van der Waals surface area contributed by atoms with Gasteiger partial charge >= 0.3 is 0 Å². The second kappa shape index (κ2) is 10.3. The molecule has 3 aromatic carbocycles. The normalized spacial score (nSPS) is 12.4. The molecule has 8 heteroatoms. The van der Waals surface area contributed by atoms with Crippen LogP contribution in [0.1, 0.15) is 20.7 Å². The molecule has 0 unspecified atom stereocenters. The van der Waals surface area contributed by atoms with Crippen LogP contribution in [0.3, 0.4) is 0 Å². The lowest BCUT2D eigenvalue weighted by Crippen LogP contribution is -2.34. The molecule has 1 N–H and O–H groups in total. The van der Waals surface area contributed by atoms with Gasteiger partial charge in [0.15, 0.2) is 0 Å². The Hall–Kier alpha value is -2.95. The summed E-state index contributed by atoms with van der Waals surface area (Å²) in [6, 6.07) is 17.6. The molecule has 3 aromatic rings. The first-order valence-corrected chi connectivity index (χ1v) is 11.6. The van der Waals surface area contributed by atoms with Gasteiger partial charge in [-0.15, -0.1) is 6.42 Å². The second-order valence-corrected chi connectivity index (χ2v) is 8.98. The summed E-state index contributed by atoms with van der Waals surface area (Å²) in [5.41, 5.74) is 2.32. The van der Waals surface area contributed by atoms with E-state index in [0.29, 0.717) is 40.0 Å². The van der Waals surface area contributed by atoms with E-state index in [1.165, 1.54) is 17.8 Å². The van der Waals surface area contributed by atoms with Crippen LogP contribution in [0.25, 0.3) is 0 Å². The second-order valence-electron chi connectivity index (χ2n) is 7.08. The molecule has 2 amide bonds. The summed E-state index contributed by atoms with van der Waals surface area (Å²) in [6.45, 7) is 0.829. The quantitative estimate of drug-likeness (QED) is 0.335. The van der Waals surface area contributed by atoms with Crippen LogP contribution in [-0.4, -0.2) is 31.6 Å². The van der Waals surface area contributed by atoms with Crippen molar-refractivity contribution in [2.24, 2.45) is 0 Å². The van der Waals surface area contributed by atoms with Gasteiger partial charge in [-0.1, -0.05) is 53.0 Å². The van der Waals surface area contributed by atoms with Gasteiger partial charge in [-0.25, -0.2) is 0 Å². The van der Waals surface area contributed by atoms with Crippen molar-refractivity contribution in [3.05, 3.63) is 81.8 Å². The van der Waals surface area contributed by atoms with Gasteiger partial charge in [0.05, 0.1) is 27.9 Å². The SMILES string of the molecule is C#CCOCCN1C(=O)c2ccccc2Sc2cc(NC(=O)c3ccc(Cl)c(Cl)c3)ccc21. The van der Waals surface area contributed by atoms with Crippen molar-refractivity contribution in [3.63, 3.8) is 0 Å². The van der Waals surface area contributed by atoms with Gasteiger partial charge in [-0.05, 0) is 48.5 Å². The summed E-state index contributed by atoms with van der Waals surface area (Å²) in [5, 5.41) is 3.57. The number of hydrogen-bond donors (Lipinski definition) is 1. The number of ether oxygens (including phenoxy) is 1. The number of carbonyl (C=O) groups excluding carboxylic acids is 2. The van der Waals surface area contributed by atoms with Gasteiger partial charge in [0.2, 0.25) is 0 Å². The Morgan fingerprint density at radius 2 is 1.88 bits per heavy atom. The minimum Gasteiger partial charge on any atom is -0.367 e. The number of hydrogen-bond acceptors (Lipinski definition) is 4. The highest BCUT2D eigenvalue weighted by atomic mass is 35.5. The zero-order valence-electron chi connectivity index (χ0n) is 17.3. The van der Waals surface area contributed by atoms with Crippen LogP contribution in [0.2, 0.25) is 10.0 Å². The van der Waals surface area contributed by atoms with Gasteiger partial charge in [0.25, 0.3) is 11.8 Å². The Morgan fingerprint density at radius 1 is 1.06 bits per heavy atom. The average molecular weight is 497 g/mol. The number of carbonyl (C=O) groups is 2. The minimum absolute atomic E-state index is 0.117. The van der Waals surface area contributed by atoms with E-state index in [2.05, 4.69) is 11.2 Å². The van der Waals surface area contributed by atoms with E-state index < -0.39 is 0 Å². The third kappa shape index (κ3) is 5.18. The number of amides is 2. The van der Waals surface area contributed by atoms with Crippen molar-refractivity contribution in [1.82, 2.24) is 0 Å². The van der Waals surface area contributed by atoms with Crippen molar-refractivity contribution >= 4 is 58.2 Å². The van der Waals surface area contributed by atoms with E-state index in [9.17, 15) is 9.59 Å². The summed E-state index contributed by atoms with van der Waals surface area (Å²) in [6.07, 6.45) is 5.25. The van der Waals surface area contributed by atoms with E-state index in [1.807, 2.05) is 30.3 Å². The van der Waals surface area contributed by atoms with Crippen molar-refractivity contribution < 1.29 is 14.3 Å². The standard InChI is InChI=1S/C25H18Cl2N2O3S/c1-2-12-32-13-11-29-21-10-8-17(28-24(30)16-7-9-19(26)20(27)14-16)15-23(21)33-22-6-4-3-5-18(22)25(29)31/h1,3-10,14-15H,11-13H2,(H,28,30). The van der Waals surface area contributed by atoms with Gasteiger partial charge in [0.1, 0.15) is 6.61 Å². The number of nitrogens with one attached hydrogen (secondary N) is 1. The molecule has 0 aliphatic carbocycles. The lowest BCUT2D eigenvalue weighted by molar-refractivity contribution is 0.0967. The fourth-order valence-electron chi connectivity index (χ4n) is 3.35. The fraction of sp³-hybridized carbons (Fsp3) is 0.120. The molecule has 0 radical (unpaired) electrons. The maximum Gasteiger partial charge on any atom is 0.259 e. The van der Waals surface area contributed by atoms with Crippen molar-refractivity contribution in [2.75, 3.05) is 30.0 Å². The Kier molecular flexibility index (Phi) is 7.26. The highest BCUT2D eigenvalue weighted by molar-refractivity contribution is 7.99. The predicted molar refractivity (Wildman–Crippen MR) is 133 cm³/mol. The van der Waals surface area contributed by atoms with E-state index in [1.54, 1.807) is 29.2 Å². The van der Waals surface area contributed by atoms with E-state index >= 15 is 0 Å². The van der Waals surface area contributed by atoms with E-state index in [0.717, 1.165) is 15.5 Å². The van der Waals surface area contributed by atoms with Crippen LogP contribution in [0.4, 0.5) is 11.4 Å². The molecule has 0 bridgehead atoms. The van der Waals surface area contributed by atoms with Gasteiger partial charge in [-0.3, -0.25) is 9.59 Å². The molecule has 0 aromatic heterocycles. The summed E-state index contributed by atoms with van der Waals surface area (Å²) in [5.74, 6) is 1.99. The number of benzene rings is 3. The molecule has 5 nitrogen and oxygen atoms in total. The van der Waals surface area contributed by atoms with Gasteiger partial charge in [-0.2, -0.15) is 0 Å². The Morgan fingerprint density at radius 3 is 2.67 bits per heavy atom. The molecule has 1 heterocycles. The zero-order valence-corrected chi connectivity index (χ0v) is 19.6. The topological polar surface area (TPSA) is 58.6 Å². The largest absolute Gasteiger partial charge is 0.367 e. The summed E-state index contributed by atoms with van der Waals surface area (Å²) in [4.78, 5) is 29.4. The zero-order chi connectivity index (χ0) is 23.4. The third-order valence-electron chi connectivity index (χ3n) is 4.92. The fourth-order valence-corrected chi connectivity index (χ4v) is 4.77. The smallest absolute Gasteiger partial charge is 0.259 e. The summed E-state index contributed by atoms with van der Waals surface area (Å²) < 4.78 is 5.41. The lowest BCUT2D eigenvalue weighted by Gasteiger charge is -2.23. The number of anilines is 2. The summed E-state index contributed by atoms with van der Waals surface area (Å²) >= 11 is 13.5. The number of rotatable bonds is 6. The molecule has 33 heavy (non-hydrogen) atoms. The Labute approximate surface area is 206 Å². The van der Waals surface area contributed by atoms with Crippen molar-refractivity contribution in [3.8, 4) is 12.3 Å². The molecule has 0 saturated carbocycles. The average Bonchev–Trinajstić information content (AvgIpc) is 2.92. The molecule has 0 spiro atoms. The number of halogens is 2. The lowest BCUT2D eigenvalue weighted by atomic mass is 10.1. The molecule has 1 aliphatic heterocycles. The third-order valence-corrected chi connectivity index (χ3v) is 6.78. The van der Waals surface area contributed by atoms with E-state index in [4.69, 9.17) is 34.4 Å². The van der Waals surface area contributed by atoms with Crippen LogP contribution in [0.15, 0.2) is 70.5 Å². The first-order chi connectivity index (χ1) is 16.0. The van der Waals surface area contributed by atoms with Crippen LogP contribution < -0.4 is 10.2 Å². The predicted octanol–water partition coefficient (Wildman–Crippen LogP) is 6.01. The van der Waals surface area contributed by atoms with Crippen LogP contribution in [-0.2, 0) is 4.74 Å². The highest BCUT2D eigenvalue weighted by Crippen LogP contribution is 2.42. The molecule has 0 fully saturated rings. The molecule has 1 aliphatic rings.